The Hall–Kier alpha value is -2.25. The molecule has 3 rings (SSSR count). The van der Waals surface area contributed by atoms with Crippen LogP contribution >= 0.6 is 0 Å². The predicted molar refractivity (Wildman–Crippen MR) is 93.4 cm³/mol. The third-order valence-corrected chi connectivity index (χ3v) is 6.06. The number of hydrogen-bond donors (Lipinski definition) is 1. The van der Waals surface area contributed by atoms with Crippen LogP contribution in [0.25, 0.3) is 0 Å². The number of halogens is 1. The van der Waals surface area contributed by atoms with Gasteiger partial charge in [0.2, 0.25) is 10.0 Å². The summed E-state index contributed by atoms with van der Waals surface area (Å²) in [5.41, 5.74) is 0.220. The van der Waals surface area contributed by atoms with E-state index in [9.17, 15) is 17.6 Å². The van der Waals surface area contributed by atoms with E-state index in [1.165, 1.54) is 34.6 Å². The van der Waals surface area contributed by atoms with Gasteiger partial charge in [0.15, 0.2) is 0 Å². The molecule has 25 heavy (non-hydrogen) atoms. The highest BCUT2D eigenvalue weighted by atomic mass is 32.2. The molecular weight excluding hydrogens is 343 g/mol. The average molecular weight is 362 g/mol. The quantitative estimate of drug-likeness (QED) is 0.908. The number of hydrogen-bond acceptors (Lipinski definition) is 3. The Kier molecular flexibility index (Phi) is 5.15. The number of piperidine rings is 1. The molecule has 0 bridgehead atoms. The molecule has 1 heterocycles. The minimum atomic E-state index is -3.59. The molecule has 0 radical (unpaired) electrons. The Morgan fingerprint density at radius 1 is 1.00 bits per heavy atom. The Labute approximate surface area is 146 Å². The van der Waals surface area contributed by atoms with Crippen LogP contribution in [-0.2, 0) is 10.0 Å². The summed E-state index contributed by atoms with van der Waals surface area (Å²) in [6, 6.07) is 11.7. The van der Waals surface area contributed by atoms with Crippen molar-refractivity contribution in [3.05, 3.63) is 59.9 Å². The molecule has 0 saturated carbocycles. The third kappa shape index (κ3) is 3.88. The number of nitrogens with zero attached hydrogens (tertiary/aromatic N) is 1. The second kappa shape index (κ2) is 7.33. The van der Waals surface area contributed by atoms with Gasteiger partial charge in [0, 0.05) is 18.8 Å². The van der Waals surface area contributed by atoms with E-state index in [-0.39, 0.29) is 10.5 Å². The van der Waals surface area contributed by atoms with Crippen molar-refractivity contribution in [3.8, 4) is 0 Å². The summed E-state index contributed by atoms with van der Waals surface area (Å²) < 4.78 is 40.6. The summed E-state index contributed by atoms with van der Waals surface area (Å²) in [6.07, 6.45) is 2.73. The van der Waals surface area contributed by atoms with E-state index in [0.29, 0.717) is 18.8 Å². The van der Waals surface area contributed by atoms with Crippen LogP contribution in [0, 0.1) is 5.82 Å². The van der Waals surface area contributed by atoms with E-state index in [1.807, 2.05) is 0 Å². The first-order chi connectivity index (χ1) is 12.0. The maximum absolute atomic E-state index is 13.7. The number of carbonyl (C=O) groups excluding carboxylic acids is 1. The van der Waals surface area contributed by atoms with Crippen LogP contribution < -0.4 is 5.32 Å². The predicted octanol–water partition coefficient (Wildman–Crippen LogP) is 3.25. The summed E-state index contributed by atoms with van der Waals surface area (Å²) in [4.78, 5) is 12.3. The van der Waals surface area contributed by atoms with Crippen LogP contribution in [0.15, 0.2) is 53.4 Å². The first-order valence-corrected chi connectivity index (χ1v) is 9.58. The van der Waals surface area contributed by atoms with E-state index in [1.54, 1.807) is 18.2 Å². The van der Waals surface area contributed by atoms with Crippen molar-refractivity contribution in [2.45, 2.75) is 24.2 Å². The number of carbonyl (C=O) groups is 1. The fraction of sp³-hybridized carbons (Fsp3) is 0.278. The highest BCUT2D eigenvalue weighted by Crippen LogP contribution is 2.23. The smallest absolute Gasteiger partial charge is 0.258 e. The van der Waals surface area contributed by atoms with E-state index < -0.39 is 21.7 Å². The molecule has 0 spiro atoms. The van der Waals surface area contributed by atoms with E-state index >= 15 is 0 Å². The molecule has 2 aromatic carbocycles. The Morgan fingerprint density at radius 3 is 2.44 bits per heavy atom. The third-order valence-electron chi connectivity index (χ3n) is 4.16. The fourth-order valence-electron chi connectivity index (χ4n) is 2.83. The molecule has 132 valence electrons. The molecule has 2 aromatic rings. The van der Waals surface area contributed by atoms with Crippen LogP contribution in [0.3, 0.4) is 0 Å². The largest absolute Gasteiger partial charge is 0.322 e. The van der Waals surface area contributed by atoms with Crippen molar-refractivity contribution in [3.63, 3.8) is 0 Å². The van der Waals surface area contributed by atoms with Crippen LogP contribution in [-0.4, -0.2) is 31.7 Å². The summed E-state index contributed by atoms with van der Waals surface area (Å²) in [7, 11) is -3.59. The Morgan fingerprint density at radius 2 is 1.72 bits per heavy atom. The van der Waals surface area contributed by atoms with Gasteiger partial charge in [0.05, 0.1) is 10.5 Å². The van der Waals surface area contributed by atoms with E-state index in [2.05, 4.69) is 5.32 Å². The molecule has 5 nitrogen and oxygen atoms in total. The van der Waals surface area contributed by atoms with Crippen molar-refractivity contribution < 1.29 is 17.6 Å². The molecule has 1 amide bonds. The van der Waals surface area contributed by atoms with Gasteiger partial charge in [-0.25, -0.2) is 12.8 Å². The van der Waals surface area contributed by atoms with Crippen molar-refractivity contribution >= 4 is 21.6 Å². The van der Waals surface area contributed by atoms with Gasteiger partial charge in [-0.05, 0) is 43.2 Å². The molecule has 1 saturated heterocycles. The van der Waals surface area contributed by atoms with Crippen LogP contribution in [0.1, 0.15) is 29.6 Å². The van der Waals surface area contributed by atoms with Crippen molar-refractivity contribution in [2.75, 3.05) is 18.4 Å². The van der Waals surface area contributed by atoms with Crippen molar-refractivity contribution in [1.82, 2.24) is 4.31 Å². The lowest BCUT2D eigenvalue weighted by Crippen LogP contribution is -2.35. The molecule has 0 aromatic heterocycles. The second-order valence-corrected chi connectivity index (χ2v) is 7.86. The van der Waals surface area contributed by atoms with Crippen LogP contribution in [0.5, 0.6) is 0 Å². The topological polar surface area (TPSA) is 66.5 Å². The minimum Gasteiger partial charge on any atom is -0.322 e. The maximum Gasteiger partial charge on any atom is 0.258 e. The number of nitrogens with one attached hydrogen (secondary N) is 1. The maximum atomic E-state index is 13.7. The summed E-state index contributed by atoms with van der Waals surface area (Å²) in [6.45, 7) is 1.02. The van der Waals surface area contributed by atoms with Crippen molar-refractivity contribution in [1.29, 1.82) is 0 Å². The van der Waals surface area contributed by atoms with Gasteiger partial charge in [0.25, 0.3) is 5.91 Å². The van der Waals surface area contributed by atoms with Gasteiger partial charge in [-0.2, -0.15) is 4.31 Å². The van der Waals surface area contributed by atoms with Gasteiger partial charge in [-0.15, -0.1) is 0 Å². The van der Waals surface area contributed by atoms with Gasteiger partial charge >= 0.3 is 0 Å². The lowest BCUT2D eigenvalue weighted by Gasteiger charge is -2.26. The molecule has 1 aliphatic heterocycles. The lowest BCUT2D eigenvalue weighted by molar-refractivity contribution is 0.102. The zero-order valence-corrected chi connectivity index (χ0v) is 14.4. The summed E-state index contributed by atoms with van der Waals surface area (Å²) in [5, 5.41) is 2.55. The normalized spacial score (nSPS) is 15.7. The second-order valence-electron chi connectivity index (χ2n) is 5.93. The van der Waals surface area contributed by atoms with E-state index in [4.69, 9.17) is 0 Å². The molecular formula is C18H19FN2O3S. The first-order valence-electron chi connectivity index (χ1n) is 8.14. The standard InChI is InChI=1S/C18H19FN2O3S/c19-17-10-3-2-9-16(17)18(22)20-14-7-6-8-15(13-14)25(23,24)21-11-4-1-5-12-21/h2-3,6-10,13H,1,4-5,11-12H2,(H,20,22). The number of benzene rings is 2. The Bertz CT molecular complexity index is 877. The number of rotatable bonds is 4. The molecule has 0 atom stereocenters. The van der Waals surface area contributed by atoms with Gasteiger partial charge in [-0.1, -0.05) is 24.6 Å². The van der Waals surface area contributed by atoms with E-state index in [0.717, 1.165) is 19.3 Å². The van der Waals surface area contributed by atoms with Crippen LogP contribution in [0.2, 0.25) is 0 Å². The highest BCUT2D eigenvalue weighted by molar-refractivity contribution is 7.89. The lowest BCUT2D eigenvalue weighted by atomic mass is 10.2. The monoisotopic (exact) mass is 362 g/mol. The molecule has 0 aliphatic carbocycles. The molecule has 1 aliphatic rings. The zero-order chi connectivity index (χ0) is 17.9. The van der Waals surface area contributed by atoms with Crippen LogP contribution in [0.4, 0.5) is 10.1 Å². The average Bonchev–Trinajstić information content (AvgIpc) is 2.63. The zero-order valence-electron chi connectivity index (χ0n) is 13.6. The summed E-state index contributed by atoms with van der Waals surface area (Å²) >= 11 is 0. The first kappa shape index (κ1) is 17.6. The molecule has 1 fully saturated rings. The molecule has 0 unspecified atom stereocenters. The van der Waals surface area contributed by atoms with Crippen molar-refractivity contribution in [2.24, 2.45) is 0 Å². The number of anilines is 1. The van der Waals surface area contributed by atoms with Gasteiger partial charge in [-0.3, -0.25) is 4.79 Å². The van der Waals surface area contributed by atoms with Gasteiger partial charge in [0.1, 0.15) is 5.82 Å². The van der Waals surface area contributed by atoms with Gasteiger partial charge < -0.3 is 5.32 Å². The number of amides is 1. The summed E-state index contributed by atoms with van der Waals surface area (Å²) in [5.74, 6) is -1.25. The molecule has 7 heteroatoms. The SMILES string of the molecule is O=C(Nc1cccc(S(=O)(=O)N2CCCCC2)c1)c1ccccc1F. The minimum absolute atomic E-state index is 0.0909. The fourth-order valence-corrected chi connectivity index (χ4v) is 4.40. The Balaban J connectivity index is 1.82. The highest BCUT2D eigenvalue weighted by Gasteiger charge is 2.26. The molecule has 1 N–H and O–H groups in total. The number of sulfonamides is 1.